The van der Waals surface area contributed by atoms with Gasteiger partial charge in [0.15, 0.2) is 0 Å². The molecular formula is C14H20BrFN2. The molecule has 0 bridgehead atoms. The largest absolute Gasteiger partial charge is 0.271 e. The van der Waals surface area contributed by atoms with E-state index >= 15 is 0 Å². The molecule has 1 aromatic rings. The zero-order chi connectivity index (χ0) is 13.4. The molecule has 0 spiro atoms. The summed E-state index contributed by atoms with van der Waals surface area (Å²) in [6, 6.07) is 4.76. The van der Waals surface area contributed by atoms with E-state index in [4.69, 9.17) is 5.84 Å². The minimum absolute atomic E-state index is 0.0590. The van der Waals surface area contributed by atoms with Gasteiger partial charge in [0.2, 0.25) is 0 Å². The van der Waals surface area contributed by atoms with Crippen LogP contribution in [0, 0.1) is 5.82 Å². The maximum atomic E-state index is 13.0. The van der Waals surface area contributed by atoms with Crippen molar-refractivity contribution in [3.8, 4) is 0 Å². The molecule has 2 nitrogen and oxygen atoms in total. The average Bonchev–Trinajstić information content (AvgIpc) is 2.35. The van der Waals surface area contributed by atoms with Crippen LogP contribution in [0.15, 0.2) is 35.3 Å². The molecule has 1 unspecified atom stereocenters. The van der Waals surface area contributed by atoms with Crippen molar-refractivity contribution in [2.75, 3.05) is 0 Å². The van der Waals surface area contributed by atoms with Crippen molar-refractivity contribution in [2.24, 2.45) is 5.84 Å². The molecular weight excluding hydrogens is 295 g/mol. The molecule has 0 saturated carbocycles. The molecule has 0 aliphatic carbocycles. The maximum absolute atomic E-state index is 13.0. The number of hydrogen-bond donors (Lipinski definition) is 2. The molecule has 0 aromatic heterocycles. The van der Waals surface area contributed by atoms with Gasteiger partial charge in [-0.25, -0.2) is 4.39 Å². The molecule has 0 fully saturated rings. The fraction of sp³-hybridized carbons (Fsp3) is 0.429. The Morgan fingerprint density at radius 1 is 1.39 bits per heavy atom. The second-order valence-corrected chi connectivity index (χ2v) is 5.17. The van der Waals surface area contributed by atoms with E-state index in [0.717, 1.165) is 42.1 Å². The molecule has 1 atom stereocenters. The van der Waals surface area contributed by atoms with E-state index in [1.165, 1.54) is 12.1 Å². The molecule has 0 aliphatic heterocycles. The van der Waals surface area contributed by atoms with E-state index in [0.29, 0.717) is 0 Å². The van der Waals surface area contributed by atoms with Crippen molar-refractivity contribution >= 4 is 15.9 Å². The predicted molar refractivity (Wildman–Crippen MR) is 77.4 cm³/mol. The van der Waals surface area contributed by atoms with Gasteiger partial charge in [-0.2, -0.15) is 0 Å². The summed E-state index contributed by atoms with van der Waals surface area (Å²) >= 11 is 3.37. The van der Waals surface area contributed by atoms with Crippen LogP contribution in [0.4, 0.5) is 4.39 Å². The first kappa shape index (κ1) is 15.3. The van der Waals surface area contributed by atoms with Gasteiger partial charge in [0.1, 0.15) is 5.82 Å². The van der Waals surface area contributed by atoms with Crippen molar-refractivity contribution < 1.29 is 4.39 Å². The van der Waals surface area contributed by atoms with Crippen LogP contribution in [0.1, 0.15) is 43.7 Å². The smallest absolute Gasteiger partial charge is 0.124 e. The van der Waals surface area contributed by atoms with E-state index in [1.54, 1.807) is 6.07 Å². The Labute approximate surface area is 117 Å². The lowest BCUT2D eigenvalue weighted by atomic mass is 10.0. The van der Waals surface area contributed by atoms with Crippen LogP contribution in [0.3, 0.4) is 0 Å². The first-order valence-corrected chi connectivity index (χ1v) is 7.00. The Kier molecular flexibility index (Phi) is 7.16. The molecule has 0 heterocycles. The Hall–Kier alpha value is -0.710. The first-order chi connectivity index (χ1) is 8.69. The van der Waals surface area contributed by atoms with Gasteiger partial charge in [-0.3, -0.25) is 11.3 Å². The van der Waals surface area contributed by atoms with Crippen LogP contribution < -0.4 is 11.3 Å². The molecule has 18 heavy (non-hydrogen) atoms. The van der Waals surface area contributed by atoms with Gasteiger partial charge in [-0.05, 0) is 37.0 Å². The van der Waals surface area contributed by atoms with Crippen molar-refractivity contribution in [3.05, 3.63) is 46.7 Å². The van der Waals surface area contributed by atoms with Crippen LogP contribution in [0.25, 0.3) is 0 Å². The van der Waals surface area contributed by atoms with Gasteiger partial charge in [0.05, 0.1) is 0 Å². The number of rotatable bonds is 8. The molecule has 0 saturated heterocycles. The highest BCUT2D eigenvalue weighted by atomic mass is 79.9. The van der Waals surface area contributed by atoms with Gasteiger partial charge in [-0.1, -0.05) is 40.9 Å². The second kappa shape index (κ2) is 8.40. The van der Waals surface area contributed by atoms with E-state index in [-0.39, 0.29) is 11.9 Å². The van der Waals surface area contributed by atoms with Crippen LogP contribution in [-0.2, 0) is 0 Å². The molecule has 0 amide bonds. The summed E-state index contributed by atoms with van der Waals surface area (Å²) in [5.41, 5.74) is 3.80. The fourth-order valence-corrected chi connectivity index (χ4v) is 2.55. The van der Waals surface area contributed by atoms with Crippen LogP contribution in [-0.4, -0.2) is 0 Å². The quantitative estimate of drug-likeness (QED) is 0.326. The molecule has 3 N–H and O–H groups in total. The van der Waals surface area contributed by atoms with Gasteiger partial charge in [0, 0.05) is 10.5 Å². The number of hydrazine groups is 1. The highest BCUT2D eigenvalue weighted by Crippen LogP contribution is 2.27. The Morgan fingerprint density at radius 3 is 2.78 bits per heavy atom. The Bertz CT molecular complexity index is 382. The maximum Gasteiger partial charge on any atom is 0.124 e. The van der Waals surface area contributed by atoms with Crippen LogP contribution >= 0.6 is 15.9 Å². The van der Waals surface area contributed by atoms with Crippen LogP contribution in [0.2, 0.25) is 0 Å². The summed E-state index contributed by atoms with van der Waals surface area (Å²) in [6.07, 6.45) is 7.34. The summed E-state index contributed by atoms with van der Waals surface area (Å²) in [5.74, 6) is 5.33. The lowest BCUT2D eigenvalue weighted by molar-refractivity contribution is 0.481. The number of unbranched alkanes of at least 4 members (excludes halogenated alkanes) is 3. The standard InChI is InChI=1S/C14H20BrFN2/c1-2-3-4-5-6-7-14(18-17)12-9-8-11(16)10-13(12)15/h2,8-10,14,18H,1,3-7,17H2. The number of allylic oxidation sites excluding steroid dienone is 1. The third kappa shape index (κ3) is 4.88. The van der Waals surface area contributed by atoms with E-state index in [2.05, 4.69) is 27.9 Å². The predicted octanol–water partition coefficient (Wildman–Crippen LogP) is 4.23. The van der Waals surface area contributed by atoms with Crippen molar-refractivity contribution in [3.63, 3.8) is 0 Å². The highest BCUT2D eigenvalue weighted by molar-refractivity contribution is 9.10. The second-order valence-electron chi connectivity index (χ2n) is 4.31. The Morgan fingerprint density at radius 2 is 2.17 bits per heavy atom. The summed E-state index contributed by atoms with van der Waals surface area (Å²) < 4.78 is 13.8. The molecule has 4 heteroatoms. The summed E-state index contributed by atoms with van der Waals surface area (Å²) in [6.45, 7) is 3.70. The molecule has 0 aliphatic rings. The van der Waals surface area contributed by atoms with Gasteiger partial charge in [-0.15, -0.1) is 6.58 Å². The van der Waals surface area contributed by atoms with Gasteiger partial charge >= 0.3 is 0 Å². The molecule has 1 aromatic carbocycles. The summed E-state index contributed by atoms with van der Waals surface area (Å²) in [5, 5.41) is 0. The van der Waals surface area contributed by atoms with Crippen molar-refractivity contribution in [2.45, 2.75) is 38.1 Å². The lowest BCUT2D eigenvalue weighted by Crippen LogP contribution is -2.28. The number of benzene rings is 1. The van der Waals surface area contributed by atoms with Gasteiger partial charge in [0.25, 0.3) is 0 Å². The van der Waals surface area contributed by atoms with E-state index in [1.807, 2.05) is 6.08 Å². The topological polar surface area (TPSA) is 38.0 Å². The van der Waals surface area contributed by atoms with E-state index in [9.17, 15) is 4.39 Å². The number of nitrogens with one attached hydrogen (secondary N) is 1. The average molecular weight is 315 g/mol. The van der Waals surface area contributed by atoms with E-state index < -0.39 is 0 Å². The molecule has 100 valence electrons. The first-order valence-electron chi connectivity index (χ1n) is 6.21. The van der Waals surface area contributed by atoms with Crippen LogP contribution in [0.5, 0.6) is 0 Å². The summed E-state index contributed by atoms with van der Waals surface area (Å²) in [4.78, 5) is 0. The number of hydrogen-bond acceptors (Lipinski definition) is 2. The number of nitrogens with two attached hydrogens (primary N) is 1. The molecule has 0 radical (unpaired) electrons. The highest BCUT2D eigenvalue weighted by Gasteiger charge is 2.13. The third-order valence-electron chi connectivity index (χ3n) is 2.94. The Balaban J connectivity index is 2.52. The zero-order valence-corrected chi connectivity index (χ0v) is 12.0. The fourth-order valence-electron chi connectivity index (χ4n) is 1.93. The minimum Gasteiger partial charge on any atom is -0.271 e. The minimum atomic E-state index is -0.243. The third-order valence-corrected chi connectivity index (χ3v) is 3.63. The van der Waals surface area contributed by atoms with Crippen molar-refractivity contribution in [1.29, 1.82) is 0 Å². The lowest BCUT2D eigenvalue weighted by Gasteiger charge is -2.17. The summed E-state index contributed by atoms with van der Waals surface area (Å²) in [7, 11) is 0. The molecule has 1 rings (SSSR count). The normalized spacial score (nSPS) is 12.4. The SMILES string of the molecule is C=CCCCCCC(NN)c1ccc(F)cc1Br. The van der Waals surface area contributed by atoms with Gasteiger partial charge < -0.3 is 0 Å². The number of halogens is 2. The van der Waals surface area contributed by atoms with Crippen molar-refractivity contribution in [1.82, 2.24) is 5.43 Å². The monoisotopic (exact) mass is 314 g/mol. The zero-order valence-electron chi connectivity index (χ0n) is 10.5.